The van der Waals surface area contributed by atoms with Crippen LogP contribution in [0.3, 0.4) is 0 Å². The Morgan fingerprint density at radius 2 is 1.81 bits per heavy atom. The van der Waals surface area contributed by atoms with Crippen molar-refractivity contribution in [2.45, 2.75) is 128 Å². The topological polar surface area (TPSA) is 141 Å². The number of methoxy groups -OCH3 is 1. The van der Waals surface area contributed by atoms with Crippen LogP contribution in [-0.4, -0.2) is 89.5 Å². The molecule has 4 saturated carbocycles. The molecule has 5 fully saturated rings. The molecule has 4 aliphatic carbocycles. The summed E-state index contributed by atoms with van der Waals surface area (Å²) in [5.74, 6) is -0.0945. The molecular formula is C32H48O10. The Morgan fingerprint density at radius 1 is 1.05 bits per heavy atom. The molecule has 10 heteroatoms. The molecule has 0 aromatic rings. The lowest BCUT2D eigenvalue weighted by molar-refractivity contribution is -0.318. The Morgan fingerprint density at radius 3 is 2.48 bits per heavy atom. The normalized spacial score (nSPS) is 52.0. The number of rotatable bonds is 5. The fourth-order valence-electron chi connectivity index (χ4n) is 10.5. The first-order chi connectivity index (χ1) is 19.8. The summed E-state index contributed by atoms with van der Waals surface area (Å²) in [5.41, 5.74) is -0.555. The molecule has 0 radical (unpaired) electrons. The SMILES string of the molecule is CO[C@H]1[C@@H](O)[C@H](C)O[C@@H](O[C@@H]2C[C@@H]3CC[C@H]4[C@@H](CC[C@]5(C)[C@H](C6=CC(=O)OC6)CC[C@]45O)[C@@]3(C)[C@@H](OC(C)=O)C2)[C@@H]1O. The van der Waals surface area contributed by atoms with Gasteiger partial charge >= 0.3 is 11.9 Å². The van der Waals surface area contributed by atoms with Crippen molar-refractivity contribution in [3.63, 3.8) is 0 Å². The highest BCUT2D eigenvalue weighted by atomic mass is 16.7. The van der Waals surface area contributed by atoms with Crippen molar-refractivity contribution < 1.29 is 48.6 Å². The quantitative estimate of drug-likeness (QED) is 0.322. The molecular weight excluding hydrogens is 544 g/mol. The van der Waals surface area contributed by atoms with Crippen molar-refractivity contribution in [1.29, 1.82) is 0 Å². The van der Waals surface area contributed by atoms with Crippen molar-refractivity contribution in [1.82, 2.24) is 0 Å². The number of ether oxygens (including phenoxy) is 5. The average molecular weight is 593 g/mol. The van der Waals surface area contributed by atoms with E-state index in [4.69, 9.17) is 23.7 Å². The first-order valence-corrected chi connectivity index (χ1v) is 15.8. The van der Waals surface area contributed by atoms with Crippen LogP contribution in [0.5, 0.6) is 0 Å². The van der Waals surface area contributed by atoms with Crippen molar-refractivity contribution in [2.75, 3.05) is 13.7 Å². The van der Waals surface area contributed by atoms with E-state index in [0.717, 1.165) is 44.1 Å². The zero-order valence-corrected chi connectivity index (χ0v) is 25.5. The molecule has 3 N–H and O–H groups in total. The van der Waals surface area contributed by atoms with Gasteiger partial charge in [0.25, 0.3) is 0 Å². The van der Waals surface area contributed by atoms with Crippen molar-refractivity contribution in [3.8, 4) is 0 Å². The van der Waals surface area contributed by atoms with Gasteiger partial charge in [-0.3, -0.25) is 4.79 Å². The third-order valence-electron chi connectivity index (χ3n) is 12.7. The molecule has 0 bridgehead atoms. The molecule has 42 heavy (non-hydrogen) atoms. The monoisotopic (exact) mass is 592 g/mol. The first kappa shape index (κ1) is 30.5. The van der Waals surface area contributed by atoms with E-state index in [1.165, 1.54) is 14.0 Å². The van der Waals surface area contributed by atoms with E-state index in [1.807, 2.05) is 0 Å². The molecule has 0 amide bonds. The maximum Gasteiger partial charge on any atom is 0.331 e. The Labute approximate surface area is 248 Å². The van der Waals surface area contributed by atoms with Gasteiger partial charge in [-0.25, -0.2) is 4.79 Å². The molecule has 6 rings (SSSR count). The predicted octanol–water partition coefficient (Wildman–Crippen LogP) is 2.65. The van der Waals surface area contributed by atoms with Crippen LogP contribution in [0, 0.1) is 34.5 Å². The molecule has 6 aliphatic rings. The number of aliphatic hydroxyl groups excluding tert-OH is 2. The average Bonchev–Trinajstić information content (AvgIpc) is 3.47. The van der Waals surface area contributed by atoms with Crippen LogP contribution in [0.25, 0.3) is 0 Å². The van der Waals surface area contributed by atoms with Gasteiger partial charge in [-0.15, -0.1) is 0 Å². The van der Waals surface area contributed by atoms with E-state index in [2.05, 4.69) is 13.8 Å². The van der Waals surface area contributed by atoms with E-state index in [-0.39, 0.29) is 52.5 Å². The summed E-state index contributed by atoms with van der Waals surface area (Å²) >= 11 is 0. The van der Waals surface area contributed by atoms with Gasteiger partial charge in [0.05, 0.1) is 17.8 Å². The standard InChI is InChI=1S/C32H48O10/c1-16-26(35)28(38-5)27(36)29(40-16)42-20-13-19-6-7-23-22(31(19,4)24(14-20)41-17(2)33)8-10-30(3)21(9-11-32(23,30)37)18-12-25(34)39-15-18/h12,16,19-24,26-29,35-37H,6-11,13-15H2,1-5H3/t16-,19-,20+,21-,22+,23-,24-,26-,27+,28-,29-,30+,31-,32-/m0/s1. The zero-order valence-electron chi connectivity index (χ0n) is 25.5. The van der Waals surface area contributed by atoms with Gasteiger partial charge in [-0.05, 0) is 81.1 Å². The largest absolute Gasteiger partial charge is 0.462 e. The van der Waals surface area contributed by atoms with Crippen LogP contribution >= 0.6 is 0 Å². The second-order valence-corrected chi connectivity index (χ2v) is 14.4. The van der Waals surface area contributed by atoms with Crippen molar-refractivity contribution in [2.24, 2.45) is 34.5 Å². The second kappa shape index (κ2) is 10.8. The number of carbonyl (C=O) groups is 2. The third-order valence-corrected chi connectivity index (χ3v) is 12.7. The molecule has 2 heterocycles. The zero-order chi connectivity index (χ0) is 30.2. The Balaban J connectivity index is 1.24. The number of hydrogen-bond acceptors (Lipinski definition) is 10. The van der Waals surface area contributed by atoms with Crippen LogP contribution < -0.4 is 0 Å². The van der Waals surface area contributed by atoms with Crippen LogP contribution in [0.15, 0.2) is 11.6 Å². The molecule has 10 nitrogen and oxygen atoms in total. The maximum atomic E-state index is 12.6. The van der Waals surface area contributed by atoms with E-state index in [1.54, 1.807) is 13.0 Å². The number of cyclic esters (lactones) is 1. The van der Waals surface area contributed by atoms with Gasteiger partial charge < -0.3 is 39.0 Å². The number of aliphatic hydroxyl groups is 3. The minimum absolute atomic E-state index is 0.0601. The maximum absolute atomic E-state index is 12.6. The van der Waals surface area contributed by atoms with Gasteiger partial charge in [-0.1, -0.05) is 13.8 Å². The van der Waals surface area contributed by atoms with Crippen LogP contribution in [0.4, 0.5) is 0 Å². The summed E-state index contributed by atoms with van der Waals surface area (Å²) in [6, 6.07) is 0. The van der Waals surface area contributed by atoms with Crippen LogP contribution in [-0.2, 0) is 33.3 Å². The molecule has 2 aliphatic heterocycles. The summed E-state index contributed by atoms with van der Waals surface area (Å²) in [4.78, 5) is 24.3. The van der Waals surface area contributed by atoms with E-state index in [9.17, 15) is 24.9 Å². The fourth-order valence-corrected chi connectivity index (χ4v) is 10.5. The molecule has 1 saturated heterocycles. The Hall–Kier alpha value is -1.56. The lowest BCUT2D eigenvalue weighted by Crippen LogP contribution is -2.66. The van der Waals surface area contributed by atoms with Crippen LogP contribution in [0.2, 0.25) is 0 Å². The summed E-state index contributed by atoms with van der Waals surface area (Å²) in [7, 11) is 1.45. The van der Waals surface area contributed by atoms with E-state index in [0.29, 0.717) is 19.4 Å². The highest BCUT2D eigenvalue weighted by Gasteiger charge is 2.69. The van der Waals surface area contributed by atoms with Gasteiger partial charge in [-0.2, -0.15) is 0 Å². The minimum Gasteiger partial charge on any atom is -0.462 e. The lowest BCUT2D eigenvalue weighted by atomic mass is 9.42. The molecule has 14 atom stereocenters. The Bertz CT molecular complexity index is 1110. The predicted molar refractivity (Wildman–Crippen MR) is 149 cm³/mol. The van der Waals surface area contributed by atoms with E-state index < -0.39 is 42.4 Å². The van der Waals surface area contributed by atoms with Gasteiger partial charge in [0.15, 0.2) is 6.29 Å². The molecule has 0 aromatic heterocycles. The number of fused-ring (bicyclic) bond motifs is 5. The summed E-state index contributed by atoms with van der Waals surface area (Å²) in [6.07, 6.45) is 2.58. The van der Waals surface area contributed by atoms with Gasteiger partial charge in [0.1, 0.15) is 31.0 Å². The molecule has 236 valence electrons. The van der Waals surface area contributed by atoms with Gasteiger partial charge in [0.2, 0.25) is 0 Å². The summed E-state index contributed by atoms with van der Waals surface area (Å²) < 4.78 is 28.9. The first-order valence-electron chi connectivity index (χ1n) is 15.8. The highest BCUT2D eigenvalue weighted by molar-refractivity contribution is 5.85. The van der Waals surface area contributed by atoms with Crippen molar-refractivity contribution in [3.05, 3.63) is 11.6 Å². The third kappa shape index (κ3) is 4.50. The summed E-state index contributed by atoms with van der Waals surface area (Å²) in [5, 5.41) is 33.8. The number of esters is 2. The molecule has 0 unspecified atom stereocenters. The van der Waals surface area contributed by atoms with Crippen LogP contribution in [0.1, 0.15) is 79.1 Å². The smallest absolute Gasteiger partial charge is 0.331 e. The Kier molecular flexibility index (Phi) is 7.84. The molecule has 0 spiro atoms. The number of hydrogen-bond donors (Lipinski definition) is 3. The fraction of sp³-hybridized carbons (Fsp3) is 0.875. The summed E-state index contributed by atoms with van der Waals surface area (Å²) in [6.45, 7) is 7.93. The van der Waals surface area contributed by atoms with Crippen molar-refractivity contribution >= 4 is 11.9 Å². The second-order valence-electron chi connectivity index (χ2n) is 14.4. The highest BCUT2D eigenvalue weighted by Crippen LogP contribution is 2.70. The minimum atomic E-state index is -1.16. The lowest BCUT2D eigenvalue weighted by Gasteiger charge is -2.65. The molecule has 0 aromatic carbocycles. The number of carbonyl (C=O) groups excluding carboxylic acids is 2. The van der Waals surface area contributed by atoms with E-state index >= 15 is 0 Å². The van der Waals surface area contributed by atoms with Gasteiger partial charge in [0, 0.05) is 37.4 Å².